The highest BCUT2D eigenvalue weighted by molar-refractivity contribution is 5.91. The van der Waals surface area contributed by atoms with Crippen molar-refractivity contribution in [2.24, 2.45) is 5.73 Å². The molecule has 0 aliphatic heterocycles. The lowest BCUT2D eigenvalue weighted by atomic mass is 10.2. The van der Waals surface area contributed by atoms with Crippen molar-refractivity contribution in [3.63, 3.8) is 0 Å². The molecule has 0 aliphatic carbocycles. The standard InChI is InChI=1S/C16H18N2O2/c1-12-2-8-15(9-3-12)20-11-16(19)18-14-6-4-13(10-17)5-7-14/h2-9H,10-11,17H2,1H3,(H,18,19). The minimum absolute atomic E-state index is 0.0122. The van der Waals surface area contributed by atoms with Gasteiger partial charge in [0.2, 0.25) is 0 Å². The lowest BCUT2D eigenvalue weighted by Crippen LogP contribution is -2.20. The number of nitrogens with two attached hydrogens (primary N) is 1. The number of anilines is 1. The van der Waals surface area contributed by atoms with Gasteiger partial charge in [0.05, 0.1) is 0 Å². The first kappa shape index (κ1) is 14.1. The Kier molecular flexibility index (Phi) is 4.74. The lowest BCUT2D eigenvalue weighted by Gasteiger charge is -2.08. The lowest BCUT2D eigenvalue weighted by molar-refractivity contribution is -0.118. The highest BCUT2D eigenvalue weighted by atomic mass is 16.5. The van der Waals surface area contributed by atoms with Crippen molar-refractivity contribution in [1.82, 2.24) is 0 Å². The molecular weight excluding hydrogens is 252 g/mol. The molecular formula is C16H18N2O2. The first-order valence-electron chi connectivity index (χ1n) is 6.46. The molecule has 0 spiro atoms. The van der Waals surface area contributed by atoms with Crippen LogP contribution in [0.3, 0.4) is 0 Å². The van der Waals surface area contributed by atoms with Crippen LogP contribution in [0.15, 0.2) is 48.5 Å². The molecule has 0 bridgehead atoms. The molecule has 0 fully saturated rings. The first-order valence-corrected chi connectivity index (χ1v) is 6.46. The molecule has 0 radical (unpaired) electrons. The van der Waals surface area contributed by atoms with E-state index in [4.69, 9.17) is 10.5 Å². The molecule has 0 unspecified atom stereocenters. The van der Waals surface area contributed by atoms with Gasteiger partial charge >= 0.3 is 0 Å². The number of ether oxygens (including phenoxy) is 1. The molecule has 1 amide bonds. The van der Waals surface area contributed by atoms with Crippen LogP contribution in [0.25, 0.3) is 0 Å². The molecule has 4 heteroatoms. The molecule has 0 aromatic heterocycles. The van der Waals surface area contributed by atoms with Gasteiger partial charge in [-0.1, -0.05) is 29.8 Å². The van der Waals surface area contributed by atoms with Crippen molar-refractivity contribution in [3.8, 4) is 5.75 Å². The maximum absolute atomic E-state index is 11.7. The zero-order chi connectivity index (χ0) is 14.4. The van der Waals surface area contributed by atoms with Crippen LogP contribution in [0.1, 0.15) is 11.1 Å². The summed E-state index contributed by atoms with van der Waals surface area (Å²) in [6.45, 7) is 2.48. The van der Waals surface area contributed by atoms with Gasteiger partial charge in [0.15, 0.2) is 6.61 Å². The Labute approximate surface area is 118 Å². The zero-order valence-corrected chi connectivity index (χ0v) is 11.4. The van der Waals surface area contributed by atoms with Gasteiger partial charge in [0, 0.05) is 12.2 Å². The number of carbonyl (C=O) groups excluding carboxylic acids is 1. The topological polar surface area (TPSA) is 64.3 Å². The molecule has 3 N–H and O–H groups in total. The predicted octanol–water partition coefficient (Wildman–Crippen LogP) is 2.47. The van der Waals surface area contributed by atoms with Gasteiger partial charge in [-0.05, 0) is 36.8 Å². The smallest absolute Gasteiger partial charge is 0.262 e. The van der Waals surface area contributed by atoms with E-state index in [9.17, 15) is 4.79 Å². The highest BCUT2D eigenvalue weighted by Crippen LogP contribution is 2.12. The molecule has 2 aromatic carbocycles. The van der Waals surface area contributed by atoms with E-state index < -0.39 is 0 Å². The van der Waals surface area contributed by atoms with Gasteiger partial charge in [-0.15, -0.1) is 0 Å². The third-order valence-electron chi connectivity index (χ3n) is 2.86. The van der Waals surface area contributed by atoms with Crippen LogP contribution < -0.4 is 15.8 Å². The molecule has 2 rings (SSSR count). The number of carbonyl (C=O) groups is 1. The second kappa shape index (κ2) is 6.73. The summed E-state index contributed by atoms with van der Waals surface area (Å²) in [5.41, 5.74) is 8.43. The third kappa shape index (κ3) is 4.10. The summed E-state index contributed by atoms with van der Waals surface area (Å²) < 4.78 is 5.41. The highest BCUT2D eigenvalue weighted by Gasteiger charge is 2.03. The Morgan fingerprint density at radius 1 is 1.10 bits per heavy atom. The summed E-state index contributed by atoms with van der Waals surface area (Å²) in [5, 5.41) is 2.77. The number of hydrogen-bond acceptors (Lipinski definition) is 3. The van der Waals surface area contributed by atoms with Gasteiger partial charge in [-0.2, -0.15) is 0 Å². The quantitative estimate of drug-likeness (QED) is 0.877. The van der Waals surface area contributed by atoms with Crippen LogP contribution in [0.4, 0.5) is 5.69 Å². The Hall–Kier alpha value is -2.33. The Bertz CT molecular complexity index is 562. The van der Waals surface area contributed by atoms with Crippen molar-refractivity contribution in [1.29, 1.82) is 0 Å². The summed E-state index contributed by atoms with van der Waals surface area (Å²) >= 11 is 0. The van der Waals surface area contributed by atoms with Crippen molar-refractivity contribution in [3.05, 3.63) is 59.7 Å². The SMILES string of the molecule is Cc1ccc(OCC(=O)Nc2ccc(CN)cc2)cc1. The van der Waals surface area contributed by atoms with Crippen LogP contribution in [0, 0.1) is 6.92 Å². The van der Waals surface area contributed by atoms with Crippen molar-refractivity contribution in [2.45, 2.75) is 13.5 Å². The fourth-order valence-corrected chi connectivity index (χ4v) is 1.70. The largest absolute Gasteiger partial charge is 0.484 e. The van der Waals surface area contributed by atoms with Crippen molar-refractivity contribution in [2.75, 3.05) is 11.9 Å². The number of rotatable bonds is 5. The van der Waals surface area contributed by atoms with Crippen LogP contribution in [0.2, 0.25) is 0 Å². The van der Waals surface area contributed by atoms with Crippen LogP contribution >= 0.6 is 0 Å². The van der Waals surface area contributed by atoms with Crippen molar-refractivity contribution < 1.29 is 9.53 Å². The molecule has 104 valence electrons. The van der Waals surface area contributed by atoms with Gasteiger partial charge in [0.1, 0.15) is 5.75 Å². The van der Waals surface area contributed by atoms with Gasteiger partial charge in [-0.3, -0.25) is 4.79 Å². The molecule has 4 nitrogen and oxygen atoms in total. The minimum atomic E-state index is -0.189. The number of nitrogens with one attached hydrogen (secondary N) is 1. The Morgan fingerprint density at radius 3 is 2.35 bits per heavy atom. The fourth-order valence-electron chi connectivity index (χ4n) is 1.70. The van der Waals surface area contributed by atoms with Crippen LogP contribution in [0.5, 0.6) is 5.75 Å². The summed E-state index contributed by atoms with van der Waals surface area (Å²) in [6, 6.07) is 15.0. The van der Waals surface area contributed by atoms with E-state index in [1.54, 1.807) is 0 Å². The summed E-state index contributed by atoms with van der Waals surface area (Å²) in [6.07, 6.45) is 0. The minimum Gasteiger partial charge on any atom is -0.484 e. The summed E-state index contributed by atoms with van der Waals surface area (Å²) in [5.74, 6) is 0.496. The van der Waals surface area contributed by atoms with E-state index in [-0.39, 0.29) is 12.5 Å². The van der Waals surface area contributed by atoms with E-state index in [2.05, 4.69) is 5.32 Å². The molecule has 2 aromatic rings. The van der Waals surface area contributed by atoms with Gasteiger partial charge in [0.25, 0.3) is 5.91 Å². The molecule has 0 aliphatic rings. The van der Waals surface area contributed by atoms with E-state index in [1.807, 2.05) is 55.5 Å². The average Bonchev–Trinajstić information content (AvgIpc) is 2.47. The normalized spacial score (nSPS) is 10.1. The summed E-state index contributed by atoms with van der Waals surface area (Å²) in [7, 11) is 0. The molecule has 0 atom stereocenters. The molecule has 0 saturated heterocycles. The molecule has 20 heavy (non-hydrogen) atoms. The van der Waals surface area contributed by atoms with Gasteiger partial charge in [-0.25, -0.2) is 0 Å². The van der Waals surface area contributed by atoms with Crippen molar-refractivity contribution >= 4 is 11.6 Å². The van der Waals surface area contributed by atoms with E-state index in [0.29, 0.717) is 12.3 Å². The third-order valence-corrected chi connectivity index (χ3v) is 2.86. The maximum atomic E-state index is 11.7. The van der Waals surface area contributed by atoms with Crippen LogP contribution in [-0.4, -0.2) is 12.5 Å². The summed E-state index contributed by atoms with van der Waals surface area (Å²) in [4.78, 5) is 11.7. The number of benzene rings is 2. The second-order valence-corrected chi connectivity index (χ2v) is 4.55. The maximum Gasteiger partial charge on any atom is 0.262 e. The Morgan fingerprint density at radius 2 is 1.75 bits per heavy atom. The number of amides is 1. The number of aryl methyl sites for hydroxylation is 1. The van der Waals surface area contributed by atoms with Crippen LogP contribution in [-0.2, 0) is 11.3 Å². The predicted molar refractivity (Wildman–Crippen MR) is 79.6 cm³/mol. The van der Waals surface area contributed by atoms with E-state index >= 15 is 0 Å². The average molecular weight is 270 g/mol. The monoisotopic (exact) mass is 270 g/mol. The van der Waals surface area contributed by atoms with Gasteiger partial charge < -0.3 is 15.8 Å². The number of hydrogen-bond donors (Lipinski definition) is 2. The first-order chi connectivity index (χ1) is 9.67. The molecule has 0 heterocycles. The fraction of sp³-hybridized carbons (Fsp3) is 0.188. The Balaban J connectivity index is 1.84. The molecule has 0 saturated carbocycles. The van der Waals surface area contributed by atoms with E-state index in [1.165, 1.54) is 0 Å². The second-order valence-electron chi connectivity index (χ2n) is 4.55. The van der Waals surface area contributed by atoms with E-state index in [0.717, 1.165) is 16.8 Å². The zero-order valence-electron chi connectivity index (χ0n) is 11.4.